The third kappa shape index (κ3) is 6.34. The highest BCUT2D eigenvalue weighted by Gasteiger charge is 2.42. The summed E-state index contributed by atoms with van der Waals surface area (Å²) < 4.78 is 5.76. The highest BCUT2D eigenvalue weighted by atomic mass is 35.5. The number of fused-ring (bicyclic) bond motifs is 1. The number of aryl methyl sites for hydroxylation is 2. The van der Waals surface area contributed by atoms with Crippen molar-refractivity contribution in [1.29, 1.82) is 0 Å². The summed E-state index contributed by atoms with van der Waals surface area (Å²) >= 11 is 12.0. The number of halogens is 2. The summed E-state index contributed by atoms with van der Waals surface area (Å²) in [5.41, 5.74) is 1.83. The van der Waals surface area contributed by atoms with Gasteiger partial charge in [-0.05, 0) is 43.9 Å². The lowest BCUT2D eigenvalue weighted by molar-refractivity contribution is -0.146. The fourth-order valence-electron chi connectivity index (χ4n) is 5.96. The number of benzene rings is 1. The van der Waals surface area contributed by atoms with E-state index in [1.54, 1.807) is 17.0 Å². The Morgan fingerprint density at radius 1 is 1.16 bits per heavy atom. The number of rotatable bonds is 7. The number of piperazine rings is 1. The van der Waals surface area contributed by atoms with Gasteiger partial charge in [-0.2, -0.15) is 0 Å². The van der Waals surface area contributed by atoms with Crippen molar-refractivity contribution in [3.05, 3.63) is 51.2 Å². The van der Waals surface area contributed by atoms with Crippen molar-refractivity contribution in [2.75, 3.05) is 39.4 Å². The van der Waals surface area contributed by atoms with Crippen molar-refractivity contribution in [2.24, 2.45) is 5.92 Å². The first kappa shape index (κ1) is 27.4. The molecule has 38 heavy (non-hydrogen) atoms. The van der Waals surface area contributed by atoms with Crippen LogP contribution in [0.4, 0.5) is 0 Å². The molecule has 5 rings (SSSR count). The normalized spacial score (nSPS) is 24.9. The molecule has 1 aliphatic carbocycles. The molecule has 3 unspecified atom stereocenters. The molecule has 1 aromatic heterocycles. The molecule has 3 aliphatic rings. The first-order chi connectivity index (χ1) is 18.3. The Morgan fingerprint density at radius 2 is 1.95 bits per heavy atom. The third-order valence-electron chi connectivity index (χ3n) is 8.09. The molecule has 1 aromatic carbocycles. The van der Waals surface area contributed by atoms with Crippen LogP contribution >= 0.6 is 23.2 Å². The molecule has 2 aliphatic heterocycles. The van der Waals surface area contributed by atoms with Crippen molar-refractivity contribution in [2.45, 2.75) is 58.3 Å². The largest absolute Gasteiger partial charge is 0.444 e. The van der Waals surface area contributed by atoms with Gasteiger partial charge in [0.25, 0.3) is 0 Å². The van der Waals surface area contributed by atoms with Crippen LogP contribution < -0.4 is 10.6 Å². The van der Waals surface area contributed by atoms with E-state index in [1.165, 1.54) is 0 Å². The van der Waals surface area contributed by atoms with Crippen LogP contribution in [0.5, 0.6) is 0 Å². The van der Waals surface area contributed by atoms with Gasteiger partial charge >= 0.3 is 0 Å². The van der Waals surface area contributed by atoms with E-state index in [9.17, 15) is 9.59 Å². The molecule has 1 saturated carbocycles. The molecule has 2 amide bonds. The van der Waals surface area contributed by atoms with Gasteiger partial charge in [0.1, 0.15) is 12.3 Å². The number of nitrogens with zero attached hydrogens (tertiary/aromatic N) is 4. The van der Waals surface area contributed by atoms with Gasteiger partial charge in [0, 0.05) is 51.7 Å². The summed E-state index contributed by atoms with van der Waals surface area (Å²) in [6, 6.07) is 5.85. The van der Waals surface area contributed by atoms with Crippen molar-refractivity contribution < 1.29 is 14.0 Å². The van der Waals surface area contributed by atoms with Crippen LogP contribution in [0.1, 0.15) is 42.2 Å². The predicted molar refractivity (Wildman–Crippen MR) is 146 cm³/mol. The average molecular weight is 564 g/mol. The summed E-state index contributed by atoms with van der Waals surface area (Å²) in [6.45, 7) is 9.37. The van der Waals surface area contributed by atoms with Crippen LogP contribution in [0.15, 0.2) is 22.6 Å². The average Bonchev–Trinajstić information content (AvgIpc) is 3.22. The van der Waals surface area contributed by atoms with Crippen LogP contribution in [0, 0.1) is 19.8 Å². The monoisotopic (exact) mass is 562 g/mol. The standard InChI is InChI=1S/C27H36Cl2N6O3/c1-17-25(38-18(2)32-17)14-33-7-9-34(10-8-33)20-4-6-24-21(12-20)27(37)35(16-31-24)15-26(36)30-13-19-3-5-22(28)23(29)11-19/h3,5,11,20-21,24,31H,4,6-10,12-16H2,1-2H3,(H,30,36). The summed E-state index contributed by atoms with van der Waals surface area (Å²) in [6.07, 6.45) is 2.90. The Bertz CT molecular complexity index is 1170. The van der Waals surface area contributed by atoms with E-state index in [0.29, 0.717) is 29.3 Å². The van der Waals surface area contributed by atoms with Crippen molar-refractivity contribution >= 4 is 35.0 Å². The maximum Gasteiger partial charge on any atom is 0.239 e. The Morgan fingerprint density at radius 3 is 2.66 bits per heavy atom. The molecule has 3 heterocycles. The lowest BCUT2D eigenvalue weighted by Gasteiger charge is -2.47. The fraction of sp³-hybridized carbons (Fsp3) is 0.593. The van der Waals surface area contributed by atoms with Crippen molar-refractivity contribution in [3.8, 4) is 0 Å². The van der Waals surface area contributed by atoms with Gasteiger partial charge in [-0.3, -0.25) is 24.7 Å². The summed E-state index contributed by atoms with van der Waals surface area (Å²) in [7, 11) is 0. The first-order valence-corrected chi connectivity index (χ1v) is 14.1. The molecule has 206 valence electrons. The van der Waals surface area contributed by atoms with Crippen LogP contribution in [-0.2, 0) is 22.7 Å². The van der Waals surface area contributed by atoms with Gasteiger partial charge in [-0.1, -0.05) is 29.3 Å². The highest BCUT2D eigenvalue weighted by Crippen LogP contribution is 2.32. The molecule has 9 nitrogen and oxygen atoms in total. The molecule has 0 spiro atoms. The maximum absolute atomic E-state index is 13.4. The van der Waals surface area contributed by atoms with Gasteiger partial charge < -0.3 is 14.6 Å². The van der Waals surface area contributed by atoms with E-state index in [2.05, 4.69) is 25.4 Å². The molecule has 11 heteroatoms. The zero-order chi connectivity index (χ0) is 26.8. The van der Waals surface area contributed by atoms with Gasteiger partial charge in [-0.25, -0.2) is 4.98 Å². The number of nitrogens with one attached hydrogen (secondary N) is 2. The van der Waals surface area contributed by atoms with E-state index in [4.69, 9.17) is 27.6 Å². The Kier molecular flexibility index (Phi) is 8.59. The summed E-state index contributed by atoms with van der Waals surface area (Å²) in [5, 5.41) is 7.33. The second-order valence-corrected chi connectivity index (χ2v) is 11.5. The topological polar surface area (TPSA) is 94.0 Å². The summed E-state index contributed by atoms with van der Waals surface area (Å²) in [5.74, 6) is 1.47. The number of aromatic nitrogens is 1. The smallest absolute Gasteiger partial charge is 0.239 e. The number of amides is 2. The Balaban J connectivity index is 1.10. The molecular weight excluding hydrogens is 527 g/mol. The Labute approximate surface area is 233 Å². The minimum absolute atomic E-state index is 0.0419. The lowest BCUT2D eigenvalue weighted by atomic mass is 9.79. The van der Waals surface area contributed by atoms with Crippen LogP contribution in [0.2, 0.25) is 10.0 Å². The number of carbonyl (C=O) groups is 2. The maximum atomic E-state index is 13.4. The number of hydrogen-bond acceptors (Lipinski definition) is 7. The van der Waals surface area contributed by atoms with Gasteiger partial charge in [0.2, 0.25) is 11.8 Å². The second-order valence-electron chi connectivity index (χ2n) is 10.7. The second kappa shape index (κ2) is 11.9. The molecule has 0 bridgehead atoms. The zero-order valence-electron chi connectivity index (χ0n) is 22.0. The van der Waals surface area contributed by atoms with Crippen LogP contribution in [0.25, 0.3) is 0 Å². The van der Waals surface area contributed by atoms with E-state index in [1.807, 2.05) is 19.9 Å². The molecule has 3 fully saturated rings. The van der Waals surface area contributed by atoms with Crippen LogP contribution in [0.3, 0.4) is 0 Å². The zero-order valence-corrected chi connectivity index (χ0v) is 23.5. The SMILES string of the molecule is Cc1nc(C)c(CN2CCN(C3CCC4NCN(CC(=O)NCc5ccc(Cl)c(Cl)c5)C(=O)C4C3)CC2)o1. The molecular formula is C27H36Cl2N6O3. The van der Waals surface area contributed by atoms with Crippen LogP contribution in [-0.4, -0.2) is 83.0 Å². The van der Waals surface area contributed by atoms with E-state index in [-0.39, 0.29) is 30.3 Å². The lowest BCUT2D eigenvalue weighted by Crippen LogP contribution is -2.62. The number of carbonyl (C=O) groups excluding carboxylic acids is 2. The number of hydrogen-bond donors (Lipinski definition) is 2. The first-order valence-electron chi connectivity index (χ1n) is 13.4. The molecule has 3 atom stereocenters. The third-order valence-corrected chi connectivity index (χ3v) is 8.83. The highest BCUT2D eigenvalue weighted by molar-refractivity contribution is 6.42. The minimum Gasteiger partial charge on any atom is -0.444 e. The fourth-order valence-corrected chi connectivity index (χ4v) is 6.28. The molecule has 2 aromatic rings. The van der Waals surface area contributed by atoms with Gasteiger partial charge in [0.15, 0.2) is 5.89 Å². The molecule has 2 N–H and O–H groups in total. The van der Waals surface area contributed by atoms with E-state index < -0.39 is 0 Å². The van der Waals surface area contributed by atoms with Crippen molar-refractivity contribution in [3.63, 3.8) is 0 Å². The quantitative estimate of drug-likeness (QED) is 0.535. The van der Waals surface area contributed by atoms with Gasteiger partial charge in [-0.15, -0.1) is 0 Å². The molecule has 0 radical (unpaired) electrons. The predicted octanol–water partition coefficient (Wildman–Crippen LogP) is 2.96. The summed E-state index contributed by atoms with van der Waals surface area (Å²) in [4.78, 5) is 37.0. The van der Waals surface area contributed by atoms with E-state index >= 15 is 0 Å². The number of oxazole rings is 1. The van der Waals surface area contributed by atoms with Gasteiger partial charge in [0.05, 0.1) is 34.9 Å². The minimum atomic E-state index is -0.189. The van der Waals surface area contributed by atoms with E-state index in [0.717, 1.165) is 74.9 Å². The molecule has 2 saturated heterocycles. The van der Waals surface area contributed by atoms with Crippen molar-refractivity contribution in [1.82, 2.24) is 30.3 Å². The Hall–Kier alpha value is -2.17.